The number of anilines is 1. The van der Waals surface area contributed by atoms with Gasteiger partial charge in [-0.05, 0) is 29.7 Å². The molecule has 0 atom stereocenters. The number of nitrogens with zero attached hydrogens (tertiary/aromatic N) is 1. The van der Waals surface area contributed by atoms with Gasteiger partial charge < -0.3 is 9.88 Å². The molecular formula is C13H12N2O2S. The lowest BCUT2D eigenvalue weighted by atomic mass is 10.1. The lowest BCUT2D eigenvalue weighted by Gasteiger charge is -2.14. The number of hydrogen-bond acceptors (Lipinski definition) is 3. The molecule has 2 heterocycles. The molecule has 2 aromatic rings. The first-order valence-corrected chi connectivity index (χ1v) is 6.62. The summed E-state index contributed by atoms with van der Waals surface area (Å²) in [4.78, 5) is 27.1. The third kappa shape index (κ3) is 1.76. The molecule has 3 rings (SSSR count). The minimum Gasteiger partial charge on any atom is -0.312 e. The van der Waals surface area contributed by atoms with Crippen LogP contribution in [0.25, 0.3) is 11.3 Å². The summed E-state index contributed by atoms with van der Waals surface area (Å²) in [5, 5.41) is 1.82. The van der Waals surface area contributed by atoms with Crippen molar-refractivity contribution in [3.05, 3.63) is 38.8 Å². The maximum atomic E-state index is 11.4. The summed E-state index contributed by atoms with van der Waals surface area (Å²) in [6.45, 7) is 2.33. The van der Waals surface area contributed by atoms with Gasteiger partial charge in [-0.1, -0.05) is 17.4 Å². The minimum atomic E-state index is -0.0455. The van der Waals surface area contributed by atoms with Crippen molar-refractivity contribution in [2.45, 2.75) is 13.3 Å². The van der Waals surface area contributed by atoms with Crippen LogP contribution < -0.4 is 9.77 Å². The first kappa shape index (κ1) is 11.2. The van der Waals surface area contributed by atoms with Gasteiger partial charge in [0, 0.05) is 24.5 Å². The lowest BCUT2D eigenvalue weighted by Crippen LogP contribution is -2.25. The summed E-state index contributed by atoms with van der Waals surface area (Å²) in [7, 11) is 0. The van der Waals surface area contributed by atoms with Crippen LogP contribution in [-0.2, 0) is 11.2 Å². The average Bonchev–Trinajstić information content (AvgIpc) is 2.93. The Hall–Kier alpha value is -1.88. The number of rotatable bonds is 1. The first-order valence-electron chi connectivity index (χ1n) is 5.74. The number of amides is 1. The molecule has 0 saturated heterocycles. The summed E-state index contributed by atoms with van der Waals surface area (Å²) in [5.41, 5.74) is 3.99. The molecule has 0 spiro atoms. The summed E-state index contributed by atoms with van der Waals surface area (Å²) in [6.07, 6.45) is 0.872. The van der Waals surface area contributed by atoms with Gasteiger partial charge in [0.15, 0.2) is 0 Å². The Morgan fingerprint density at radius 3 is 2.94 bits per heavy atom. The molecule has 5 heteroatoms. The molecule has 0 unspecified atom stereocenters. The van der Waals surface area contributed by atoms with E-state index >= 15 is 0 Å². The fourth-order valence-electron chi connectivity index (χ4n) is 2.32. The number of H-pyrrole nitrogens is 1. The van der Waals surface area contributed by atoms with Gasteiger partial charge in [-0.15, -0.1) is 0 Å². The van der Waals surface area contributed by atoms with Crippen LogP contribution in [0.15, 0.2) is 28.4 Å². The Bertz CT molecular complexity index is 672. The fourth-order valence-corrected chi connectivity index (χ4v) is 2.91. The Morgan fingerprint density at radius 1 is 1.44 bits per heavy atom. The topological polar surface area (TPSA) is 53.2 Å². The number of aromatic nitrogens is 1. The van der Waals surface area contributed by atoms with Crippen molar-refractivity contribution in [3.63, 3.8) is 0 Å². The lowest BCUT2D eigenvalue weighted by molar-refractivity contribution is -0.116. The van der Waals surface area contributed by atoms with E-state index in [1.165, 1.54) is 0 Å². The van der Waals surface area contributed by atoms with E-state index in [0.29, 0.717) is 0 Å². The van der Waals surface area contributed by atoms with Gasteiger partial charge >= 0.3 is 4.87 Å². The molecule has 1 aromatic heterocycles. The normalized spacial score (nSPS) is 13.7. The van der Waals surface area contributed by atoms with Gasteiger partial charge in [-0.2, -0.15) is 0 Å². The second-order valence-electron chi connectivity index (χ2n) is 4.33. The number of nitrogens with one attached hydrogen (secondary N) is 1. The average molecular weight is 260 g/mol. The van der Waals surface area contributed by atoms with E-state index in [9.17, 15) is 9.59 Å². The highest BCUT2D eigenvalue weighted by Crippen LogP contribution is 2.31. The minimum absolute atomic E-state index is 0.0455. The van der Waals surface area contributed by atoms with Crippen molar-refractivity contribution in [2.75, 3.05) is 11.4 Å². The Balaban J connectivity index is 2.03. The molecule has 1 aromatic carbocycles. The number of hydrogen-bond donors (Lipinski definition) is 1. The van der Waals surface area contributed by atoms with E-state index in [2.05, 4.69) is 11.1 Å². The number of aromatic amines is 1. The Morgan fingerprint density at radius 2 is 2.28 bits per heavy atom. The molecule has 1 N–H and O–H groups in total. The maximum Gasteiger partial charge on any atom is 0.304 e. The van der Waals surface area contributed by atoms with E-state index in [0.717, 1.165) is 46.8 Å². The van der Waals surface area contributed by atoms with Crippen LogP contribution in [-0.4, -0.2) is 17.4 Å². The SMILES string of the molecule is CC(=O)N1CCc2cc(-c3csc(=O)[nH]3)ccc21. The summed E-state index contributed by atoms with van der Waals surface area (Å²) >= 11 is 1.16. The van der Waals surface area contributed by atoms with E-state index in [4.69, 9.17) is 0 Å². The highest BCUT2D eigenvalue weighted by atomic mass is 32.1. The van der Waals surface area contributed by atoms with E-state index in [1.807, 2.05) is 17.5 Å². The zero-order chi connectivity index (χ0) is 12.7. The molecule has 4 nitrogen and oxygen atoms in total. The molecule has 1 aliphatic rings. The second-order valence-corrected chi connectivity index (χ2v) is 5.17. The van der Waals surface area contributed by atoms with Gasteiger partial charge in [0.05, 0.1) is 5.69 Å². The van der Waals surface area contributed by atoms with Crippen LogP contribution in [0, 0.1) is 0 Å². The molecule has 0 fully saturated rings. The Kier molecular flexibility index (Phi) is 2.56. The van der Waals surface area contributed by atoms with E-state index in [-0.39, 0.29) is 10.8 Å². The molecule has 0 bridgehead atoms. The maximum absolute atomic E-state index is 11.4. The van der Waals surface area contributed by atoms with Gasteiger partial charge in [-0.3, -0.25) is 9.59 Å². The van der Waals surface area contributed by atoms with Crippen molar-refractivity contribution in [2.24, 2.45) is 0 Å². The third-order valence-corrected chi connectivity index (χ3v) is 3.86. The third-order valence-electron chi connectivity index (χ3n) is 3.19. The number of carbonyl (C=O) groups excluding carboxylic acids is 1. The monoisotopic (exact) mass is 260 g/mol. The molecule has 0 saturated carbocycles. The number of carbonyl (C=O) groups is 1. The van der Waals surface area contributed by atoms with Crippen molar-refractivity contribution in [1.82, 2.24) is 4.98 Å². The van der Waals surface area contributed by atoms with Crippen LogP contribution in [0.4, 0.5) is 5.69 Å². The van der Waals surface area contributed by atoms with Crippen LogP contribution in [0.1, 0.15) is 12.5 Å². The van der Waals surface area contributed by atoms with Crippen molar-refractivity contribution in [3.8, 4) is 11.3 Å². The smallest absolute Gasteiger partial charge is 0.304 e. The molecule has 0 radical (unpaired) electrons. The van der Waals surface area contributed by atoms with Gasteiger partial charge in [-0.25, -0.2) is 0 Å². The summed E-state index contributed by atoms with van der Waals surface area (Å²) in [5.74, 6) is 0.0745. The molecule has 1 amide bonds. The predicted octanol–water partition coefficient (Wildman–Crippen LogP) is 2.01. The van der Waals surface area contributed by atoms with Gasteiger partial charge in [0.1, 0.15) is 0 Å². The van der Waals surface area contributed by atoms with Gasteiger partial charge in [0.2, 0.25) is 5.91 Å². The second kappa shape index (κ2) is 4.10. The van der Waals surface area contributed by atoms with Crippen LogP contribution in [0.5, 0.6) is 0 Å². The van der Waals surface area contributed by atoms with Crippen LogP contribution in [0.3, 0.4) is 0 Å². The van der Waals surface area contributed by atoms with Crippen molar-refractivity contribution in [1.29, 1.82) is 0 Å². The number of benzene rings is 1. The van der Waals surface area contributed by atoms with E-state index < -0.39 is 0 Å². The number of fused-ring (bicyclic) bond motifs is 1. The zero-order valence-corrected chi connectivity index (χ0v) is 10.7. The quantitative estimate of drug-likeness (QED) is 0.852. The molecule has 0 aliphatic carbocycles. The van der Waals surface area contributed by atoms with Crippen molar-refractivity contribution >= 4 is 22.9 Å². The largest absolute Gasteiger partial charge is 0.312 e. The van der Waals surface area contributed by atoms with Gasteiger partial charge in [0.25, 0.3) is 0 Å². The molecule has 18 heavy (non-hydrogen) atoms. The van der Waals surface area contributed by atoms with Crippen LogP contribution in [0.2, 0.25) is 0 Å². The molecule has 1 aliphatic heterocycles. The molecule has 92 valence electrons. The van der Waals surface area contributed by atoms with Crippen molar-refractivity contribution < 1.29 is 4.79 Å². The van der Waals surface area contributed by atoms with Crippen LogP contribution >= 0.6 is 11.3 Å². The highest BCUT2D eigenvalue weighted by Gasteiger charge is 2.22. The highest BCUT2D eigenvalue weighted by molar-refractivity contribution is 7.07. The number of thiazole rings is 1. The summed E-state index contributed by atoms with van der Waals surface area (Å²) in [6, 6.07) is 5.95. The zero-order valence-electron chi connectivity index (χ0n) is 9.90. The predicted molar refractivity (Wildman–Crippen MR) is 72.1 cm³/mol. The Labute approximate surface area is 108 Å². The standard InChI is InChI=1S/C13H12N2O2S/c1-8(16)15-5-4-10-6-9(2-3-12(10)15)11-7-18-13(17)14-11/h2-3,6-7H,4-5H2,1H3,(H,14,17). The fraction of sp³-hybridized carbons (Fsp3) is 0.231. The first-order chi connectivity index (χ1) is 8.65. The van der Waals surface area contributed by atoms with E-state index in [1.54, 1.807) is 11.8 Å². The summed E-state index contributed by atoms with van der Waals surface area (Å²) < 4.78 is 0. The molecular weight excluding hydrogens is 248 g/mol.